The van der Waals surface area contributed by atoms with Crippen LogP contribution in [0.5, 0.6) is 0 Å². The summed E-state index contributed by atoms with van der Waals surface area (Å²) in [7, 11) is 0. The SMILES string of the molecule is C=Cc1c(/C=C\Cc2ccc(-c3nc(C4=CCCC=C4)nc(-c4ccccc4)n3)cc2)n(-c2ccccc2)c2cc3c(cc12)C1(c2ccccc2-c2ccccc21)c1ccccc1-3. The second kappa shape index (κ2) is 14.9. The highest BCUT2D eigenvalue weighted by atomic mass is 15.0. The maximum absolute atomic E-state index is 4.98. The van der Waals surface area contributed by atoms with E-state index in [-0.39, 0.29) is 0 Å². The van der Waals surface area contributed by atoms with Crippen molar-refractivity contribution in [3.63, 3.8) is 0 Å². The van der Waals surface area contributed by atoms with E-state index in [0.29, 0.717) is 17.5 Å². The van der Waals surface area contributed by atoms with Gasteiger partial charge in [-0.25, -0.2) is 15.0 Å². The zero-order chi connectivity index (χ0) is 41.9. The van der Waals surface area contributed by atoms with Gasteiger partial charge < -0.3 is 4.57 Å². The quantitative estimate of drug-likeness (QED) is 0.154. The summed E-state index contributed by atoms with van der Waals surface area (Å²) in [5.74, 6) is 2.05. The fraction of sp³-hybridized carbons (Fsp3) is 0.0678. The lowest BCUT2D eigenvalue weighted by atomic mass is 9.70. The maximum Gasteiger partial charge on any atom is 0.164 e. The third-order valence-corrected chi connectivity index (χ3v) is 13.1. The number of para-hydroxylation sites is 1. The molecule has 0 fully saturated rings. The minimum absolute atomic E-state index is 0.418. The average Bonchev–Trinajstić information content (AvgIpc) is 3.95. The third kappa shape index (κ3) is 5.79. The first-order valence-electron chi connectivity index (χ1n) is 21.8. The van der Waals surface area contributed by atoms with E-state index in [1.165, 1.54) is 55.5 Å². The van der Waals surface area contributed by atoms with Crippen molar-refractivity contribution in [2.45, 2.75) is 24.7 Å². The van der Waals surface area contributed by atoms with Crippen LogP contribution in [0.1, 0.15) is 57.7 Å². The molecule has 3 aliphatic rings. The van der Waals surface area contributed by atoms with Crippen LogP contribution >= 0.6 is 0 Å². The first-order valence-corrected chi connectivity index (χ1v) is 21.8. The zero-order valence-electron chi connectivity index (χ0n) is 34.7. The molecule has 0 amide bonds. The van der Waals surface area contributed by atoms with Gasteiger partial charge in [0.2, 0.25) is 0 Å². The Labute approximate surface area is 367 Å². The molecule has 0 bridgehead atoms. The molecule has 3 aliphatic carbocycles. The summed E-state index contributed by atoms with van der Waals surface area (Å²) in [6.07, 6.45) is 15.9. The van der Waals surface area contributed by atoms with Crippen LogP contribution < -0.4 is 0 Å². The molecule has 4 nitrogen and oxygen atoms in total. The second-order valence-electron chi connectivity index (χ2n) is 16.6. The highest BCUT2D eigenvalue weighted by molar-refractivity contribution is 6.03. The molecular formula is C59H42N4. The summed E-state index contributed by atoms with van der Waals surface area (Å²) in [5, 5.41) is 1.19. The van der Waals surface area contributed by atoms with Crippen molar-refractivity contribution >= 4 is 28.6 Å². The normalized spacial score (nSPS) is 14.1. The Morgan fingerprint density at radius 1 is 0.556 bits per heavy atom. The summed E-state index contributed by atoms with van der Waals surface area (Å²) in [6.45, 7) is 4.44. The van der Waals surface area contributed by atoms with Gasteiger partial charge in [0.15, 0.2) is 17.5 Å². The number of fused-ring (bicyclic) bond motifs is 11. The number of allylic oxidation sites excluding steroid dienone is 5. The molecule has 0 radical (unpaired) electrons. The minimum Gasteiger partial charge on any atom is -0.309 e. The third-order valence-electron chi connectivity index (χ3n) is 13.1. The largest absolute Gasteiger partial charge is 0.309 e. The molecule has 2 aromatic heterocycles. The van der Waals surface area contributed by atoms with Gasteiger partial charge in [-0.3, -0.25) is 0 Å². The Bertz CT molecular complexity index is 3320. The number of nitrogens with zero attached hydrogens (tertiary/aromatic N) is 4. The van der Waals surface area contributed by atoms with Crippen LogP contribution in [0.3, 0.4) is 0 Å². The summed E-state index contributed by atoms with van der Waals surface area (Å²) < 4.78 is 2.41. The van der Waals surface area contributed by atoms with Crippen LogP contribution in [0.15, 0.2) is 201 Å². The Morgan fingerprint density at radius 3 is 1.75 bits per heavy atom. The predicted molar refractivity (Wildman–Crippen MR) is 259 cm³/mol. The molecule has 63 heavy (non-hydrogen) atoms. The summed E-state index contributed by atoms with van der Waals surface area (Å²) >= 11 is 0. The lowest BCUT2D eigenvalue weighted by molar-refractivity contribution is 0.795. The van der Waals surface area contributed by atoms with E-state index < -0.39 is 5.41 Å². The van der Waals surface area contributed by atoms with Gasteiger partial charge >= 0.3 is 0 Å². The van der Waals surface area contributed by atoms with E-state index >= 15 is 0 Å². The van der Waals surface area contributed by atoms with Gasteiger partial charge in [-0.15, -0.1) is 0 Å². The molecule has 7 aromatic carbocycles. The fourth-order valence-electron chi connectivity index (χ4n) is 10.4. The van der Waals surface area contributed by atoms with E-state index in [1.807, 2.05) is 24.3 Å². The van der Waals surface area contributed by atoms with E-state index in [1.54, 1.807) is 0 Å². The van der Waals surface area contributed by atoms with Crippen molar-refractivity contribution in [3.8, 4) is 50.7 Å². The molecule has 298 valence electrons. The molecule has 1 spiro atoms. The Balaban J connectivity index is 0.953. The average molecular weight is 807 g/mol. The number of rotatable bonds is 8. The second-order valence-corrected chi connectivity index (χ2v) is 16.6. The van der Waals surface area contributed by atoms with Gasteiger partial charge in [-0.2, -0.15) is 0 Å². The van der Waals surface area contributed by atoms with Crippen molar-refractivity contribution in [3.05, 3.63) is 246 Å². The predicted octanol–water partition coefficient (Wildman–Crippen LogP) is 14.1. The van der Waals surface area contributed by atoms with Crippen LogP contribution in [-0.4, -0.2) is 19.5 Å². The smallest absolute Gasteiger partial charge is 0.164 e. The molecule has 0 saturated heterocycles. The number of hydrogen-bond donors (Lipinski definition) is 0. The lowest BCUT2D eigenvalue weighted by Gasteiger charge is -2.30. The number of hydrogen-bond acceptors (Lipinski definition) is 3. The first-order chi connectivity index (χ1) is 31.2. The lowest BCUT2D eigenvalue weighted by Crippen LogP contribution is -2.25. The fourth-order valence-corrected chi connectivity index (χ4v) is 10.4. The molecule has 0 unspecified atom stereocenters. The summed E-state index contributed by atoms with van der Waals surface area (Å²) in [4.78, 5) is 14.8. The van der Waals surface area contributed by atoms with Crippen molar-refractivity contribution in [1.29, 1.82) is 0 Å². The van der Waals surface area contributed by atoms with Crippen LogP contribution in [0.25, 0.3) is 79.3 Å². The monoisotopic (exact) mass is 806 g/mol. The molecule has 4 heteroatoms. The van der Waals surface area contributed by atoms with Gasteiger partial charge in [0.25, 0.3) is 0 Å². The van der Waals surface area contributed by atoms with E-state index in [4.69, 9.17) is 15.0 Å². The van der Waals surface area contributed by atoms with Gasteiger partial charge in [0.05, 0.1) is 16.6 Å². The molecule has 0 N–H and O–H groups in total. The van der Waals surface area contributed by atoms with Crippen LogP contribution in [0, 0.1) is 0 Å². The minimum atomic E-state index is -0.418. The van der Waals surface area contributed by atoms with Crippen molar-refractivity contribution in [2.24, 2.45) is 0 Å². The Morgan fingerprint density at radius 2 is 1.13 bits per heavy atom. The van der Waals surface area contributed by atoms with Gasteiger partial charge in [-0.05, 0) is 99.7 Å². The van der Waals surface area contributed by atoms with Crippen molar-refractivity contribution in [1.82, 2.24) is 19.5 Å². The maximum atomic E-state index is 4.98. The number of benzene rings is 7. The summed E-state index contributed by atoms with van der Waals surface area (Å²) in [6, 6.07) is 61.5. The van der Waals surface area contributed by atoms with Crippen LogP contribution in [0.4, 0.5) is 0 Å². The standard InChI is InChI=1S/C59H42N4/c1-2-44-49-37-53-48(47-28-14-17-31-52(47)59(53)50-29-15-12-26-45(50)46-27-13-16-30-51(46)59)38-55(49)63(43-24-10-5-11-25-43)54(44)32-18-19-39-33-35-42(36-34-39)58-61-56(40-20-6-3-7-21-40)60-57(62-58)41-22-8-4-9-23-41/h2-3,5-8,10-18,20-38H,1,4,9,19H2/b32-18-. The van der Waals surface area contributed by atoms with Gasteiger partial charge in [-0.1, -0.05) is 183 Å². The Hall–Kier alpha value is -7.95. The van der Waals surface area contributed by atoms with E-state index in [9.17, 15) is 0 Å². The molecule has 2 heterocycles. The Kier molecular flexibility index (Phi) is 8.72. The van der Waals surface area contributed by atoms with E-state index in [2.05, 4.69) is 193 Å². The molecule has 12 rings (SSSR count). The molecule has 0 atom stereocenters. The van der Waals surface area contributed by atoms with Crippen molar-refractivity contribution < 1.29 is 0 Å². The summed E-state index contributed by atoms with van der Waals surface area (Å²) in [5.41, 5.74) is 18.8. The topological polar surface area (TPSA) is 43.6 Å². The zero-order valence-corrected chi connectivity index (χ0v) is 34.7. The molecule has 0 saturated carbocycles. The molecule has 9 aromatic rings. The highest BCUT2D eigenvalue weighted by Gasteiger charge is 2.51. The van der Waals surface area contributed by atoms with E-state index in [0.717, 1.165) is 58.4 Å². The van der Waals surface area contributed by atoms with Crippen LogP contribution in [0.2, 0.25) is 0 Å². The molecule has 0 aliphatic heterocycles. The van der Waals surface area contributed by atoms with Gasteiger partial charge in [0.1, 0.15) is 0 Å². The first kappa shape index (κ1) is 36.9. The highest BCUT2D eigenvalue weighted by Crippen LogP contribution is 2.63. The number of aromatic nitrogens is 4. The molecular weight excluding hydrogens is 765 g/mol. The van der Waals surface area contributed by atoms with Crippen LogP contribution in [-0.2, 0) is 11.8 Å². The van der Waals surface area contributed by atoms with Gasteiger partial charge in [0, 0.05) is 33.3 Å². The van der Waals surface area contributed by atoms with Crippen molar-refractivity contribution in [2.75, 3.05) is 0 Å².